The van der Waals surface area contributed by atoms with Crippen molar-refractivity contribution in [3.05, 3.63) is 95.9 Å². The molecule has 6 aromatic rings. The predicted molar refractivity (Wildman–Crippen MR) is 188 cm³/mol. The van der Waals surface area contributed by atoms with Gasteiger partial charge in [0.2, 0.25) is 0 Å². The van der Waals surface area contributed by atoms with Crippen molar-refractivity contribution in [2.45, 2.75) is 74.0 Å². The summed E-state index contributed by atoms with van der Waals surface area (Å²) in [7, 11) is 0. The summed E-state index contributed by atoms with van der Waals surface area (Å²) in [4.78, 5) is 12.4. The lowest BCUT2D eigenvalue weighted by Gasteiger charge is -2.09. The van der Waals surface area contributed by atoms with Crippen LogP contribution in [0.15, 0.2) is 79.9 Å². The quantitative estimate of drug-likeness (QED) is 0.180. The van der Waals surface area contributed by atoms with E-state index in [9.17, 15) is 0 Å². The number of aryl methyl sites for hydroxylation is 1. The zero-order chi connectivity index (χ0) is 33.6. The highest BCUT2D eigenvalue weighted by atomic mass is 35.5. The Morgan fingerprint density at radius 2 is 1.04 bits per heavy atom. The molecule has 0 aliphatic heterocycles. The van der Waals surface area contributed by atoms with Crippen LogP contribution in [0.3, 0.4) is 0 Å². The van der Waals surface area contributed by atoms with Gasteiger partial charge in [-0.2, -0.15) is 0 Å². The van der Waals surface area contributed by atoms with Gasteiger partial charge < -0.3 is 19.4 Å². The van der Waals surface area contributed by atoms with Crippen molar-refractivity contribution in [2.24, 2.45) is 0 Å². The molecule has 0 saturated heterocycles. The molecule has 0 bridgehead atoms. The molecule has 15 heteroatoms. The Labute approximate surface area is 286 Å². The Bertz CT molecular complexity index is 1640. The predicted octanol–water partition coefficient (Wildman–Crippen LogP) is 7.62. The zero-order valence-electron chi connectivity index (χ0n) is 26.9. The third kappa shape index (κ3) is 12.2. The van der Waals surface area contributed by atoms with E-state index in [2.05, 4.69) is 87.1 Å². The molecule has 0 unspecified atom stereocenters. The van der Waals surface area contributed by atoms with E-state index in [4.69, 9.17) is 28.9 Å². The van der Waals surface area contributed by atoms with Gasteiger partial charge in [0.1, 0.15) is 52.8 Å². The fourth-order valence-electron chi connectivity index (χ4n) is 3.70. The second-order valence-electron chi connectivity index (χ2n) is 10.7. The number of hydrogen-bond donors (Lipinski definition) is 1. The van der Waals surface area contributed by atoms with Gasteiger partial charge in [-0.1, -0.05) is 48.8 Å². The Balaban J connectivity index is 0.000000226. The van der Waals surface area contributed by atoms with Crippen LogP contribution in [-0.4, -0.2) is 59.2 Å². The molecule has 0 fully saturated rings. The zero-order valence-corrected chi connectivity index (χ0v) is 28.4. The van der Waals surface area contributed by atoms with Crippen LogP contribution in [0, 0.1) is 6.92 Å². The van der Waals surface area contributed by atoms with Gasteiger partial charge in [-0.3, -0.25) is 0 Å². The largest absolute Gasteiger partial charge is 0.384 e. The first-order valence-corrected chi connectivity index (χ1v) is 15.3. The minimum atomic E-state index is 0. The topological polar surface area (TPSA) is 157 Å². The Morgan fingerprint density at radius 1 is 0.574 bits per heavy atom. The number of nitrogens with two attached hydrogens (primary N) is 1. The van der Waals surface area contributed by atoms with Crippen LogP contribution in [-0.2, 0) is 0 Å². The molecule has 6 heterocycles. The lowest BCUT2D eigenvalue weighted by Crippen LogP contribution is -2.03. The number of pyridine rings is 3. The van der Waals surface area contributed by atoms with Gasteiger partial charge in [0.05, 0.1) is 0 Å². The van der Waals surface area contributed by atoms with Gasteiger partial charge in [-0.05, 0) is 84.9 Å². The highest BCUT2D eigenvalue weighted by Gasteiger charge is 2.11. The standard InChI is InChI=1S/C10H11ClN4.C10H13N5.C6H6ClN.C5H9N3.CH4/c2*1-7(2)15-6-12-14-10(15)8-4-3-5-9(11)13-8;1-5-3-2-4-6(7)8-5;1-5(2)8-3-6-7-4-8;/h3-7H,1-2H3;3-7H,1-2H3,(H2,11,13);2-4H,1H3;3-5H,1-2H3;1H4. The van der Waals surface area contributed by atoms with E-state index in [-0.39, 0.29) is 7.43 Å². The number of halogens is 2. The fraction of sp³-hybridized carbons (Fsp3) is 0.344. The van der Waals surface area contributed by atoms with Crippen molar-refractivity contribution in [2.75, 3.05) is 5.73 Å². The first-order valence-electron chi connectivity index (χ1n) is 14.5. The van der Waals surface area contributed by atoms with Crippen molar-refractivity contribution < 1.29 is 0 Å². The number of anilines is 1. The Hall–Kier alpha value is -4.75. The van der Waals surface area contributed by atoms with Crippen molar-refractivity contribution in [1.82, 2.24) is 59.2 Å². The molecule has 0 amide bonds. The van der Waals surface area contributed by atoms with Gasteiger partial charge >= 0.3 is 0 Å². The molecule has 0 aliphatic rings. The third-order valence-corrected chi connectivity index (χ3v) is 6.51. The Kier molecular flexibility index (Phi) is 15.6. The highest BCUT2D eigenvalue weighted by Crippen LogP contribution is 2.20. The molecule has 0 aromatic carbocycles. The first-order chi connectivity index (χ1) is 22.0. The number of hydrogen-bond acceptors (Lipinski definition) is 10. The van der Waals surface area contributed by atoms with Crippen LogP contribution in [0.5, 0.6) is 0 Å². The summed E-state index contributed by atoms with van der Waals surface area (Å²) >= 11 is 11.4. The molecule has 6 aromatic heterocycles. The van der Waals surface area contributed by atoms with Crippen molar-refractivity contribution in [3.63, 3.8) is 0 Å². The molecule has 0 atom stereocenters. The molecule has 0 aliphatic carbocycles. The van der Waals surface area contributed by atoms with Gasteiger partial charge in [0.15, 0.2) is 11.6 Å². The van der Waals surface area contributed by atoms with Gasteiger partial charge in [-0.25, -0.2) is 15.0 Å². The summed E-state index contributed by atoms with van der Waals surface area (Å²) in [6.07, 6.45) is 6.82. The summed E-state index contributed by atoms with van der Waals surface area (Å²) in [6.45, 7) is 14.4. The van der Waals surface area contributed by atoms with Crippen LogP contribution >= 0.6 is 23.2 Å². The maximum absolute atomic E-state index is 5.83. The molecule has 250 valence electrons. The van der Waals surface area contributed by atoms with Gasteiger partial charge in [0, 0.05) is 23.8 Å². The smallest absolute Gasteiger partial charge is 0.182 e. The molecular formula is C32H43Cl2N13. The molecule has 0 saturated carbocycles. The van der Waals surface area contributed by atoms with Crippen molar-refractivity contribution in [1.29, 1.82) is 0 Å². The molecule has 6 rings (SSSR count). The Morgan fingerprint density at radius 3 is 1.43 bits per heavy atom. The first kappa shape index (κ1) is 38.4. The van der Waals surface area contributed by atoms with Crippen LogP contribution in [0.4, 0.5) is 5.82 Å². The molecule has 47 heavy (non-hydrogen) atoms. The minimum absolute atomic E-state index is 0. The molecular weight excluding hydrogens is 637 g/mol. The van der Waals surface area contributed by atoms with E-state index < -0.39 is 0 Å². The molecule has 0 spiro atoms. The van der Waals surface area contributed by atoms with Crippen LogP contribution in [0.1, 0.15) is 72.8 Å². The summed E-state index contributed by atoms with van der Waals surface area (Å²) in [6, 6.07) is 17.6. The van der Waals surface area contributed by atoms with Gasteiger partial charge in [-0.15, -0.1) is 30.6 Å². The average molecular weight is 681 g/mol. The van der Waals surface area contributed by atoms with E-state index in [1.54, 1.807) is 43.5 Å². The number of aromatic nitrogens is 12. The van der Waals surface area contributed by atoms with E-state index in [1.165, 1.54) is 0 Å². The number of rotatable bonds is 5. The second kappa shape index (κ2) is 19.0. The van der Waals surface area contributed by atoms with Crippen LogP contribution in [0.2, 0.25) is 10.3 Å². The SMILES string of the molecule is C.CC(C)n1cnnc1.CC(C)n1cnnc1-c1cccc(Cl)n1.CC(C)n1cnnc1-c1cccc(N)n1.Cc1cccc(Cl)n1. The number of nitrogens with zero attached hydrogens (tertiary/aromatic N) is 12. The maximum atomic E-state index is 5.83. The minimum Gasteiger partial charge on any atom is -0.384 e. The third-order valence-electron chi connectivity index (χ3n) is 6.09. The lowest BCUT2D eigenvalue weighted by molar-refractivity contribution is 0.597. The molecule has 0 radical (unpaired) electrons. The van der Waals surface area contributed by atoms with E-state index in [1.807, 2.05) is 57.0 Å². The maximum Gasteiger partial charge on any atom is 0.182 e. The van der Waals surface area contributed by atoms with E-state index in [0.29, 0.717) is 34.2 Å². The lowest BCUT2D eigenvalue weighted by atomic mass is 10.3. The highest BCUT2D eigenvalue weighted by molar-refractivity contribution is 6.29. The monoisotopic (exact) mass is 679 g/mol. The summed E-state index contributed by atoms with van der Waals surface area (Å²) in [5.74, 6) is 1.98. The van der Waals surface area contributed by atoms with E-state index >= 15 is 0 Å². The van der Waals surface area contributed by atoms with E-state index in [0.717, 1.165) is 28.7 Å². The summed E-state index contributed by atoms with van der Waals surface area (Å²) in [5.41, 5.74) is 8.07. The molecule has 2 N–H and O–H groups in total. The normalized spacial score (nSPS) is 10.3. The molecule has 13 nitrogen and oxygen atoms in total. The average Bonchev–Trinajstić information content (AvgIpc) is 3.80. The van der Waals surface area contributed by atoms with Crippen LogP contribution in [0.25, 0.3) is 23.0 Å². The summed E-state index contributed by atoms with van der Waals surface area (Å²) in [5, 5.41) is 24.2. The van der Waals surface area contributed by atoms with Crippen molar-refractivity contribution in [3.8, 4) is 23.0 Å². The van der Waals surface area contributed by atoms with Gasteiger partial charge in [0.25, 0.3) is 0 Å². The second-order valence-corrected chi connectivity index (χ2v) is 11.5. The van der Waals surface area contributed by atoms with Crippen molar-refractivity contribution >= 4 is 29.0 Å². The number of nitrogen functional groups attached to an aromatic ring is 1. The fourth-order valence-corrected chi connectivity index (χ4v) is 4.07. The summed E-state index contributed by atoms with van der Waals surface area (Å²) < 4.78 is 5.86. The van der Waals surface area contributed by atoms with Crippen LogP contribution < -0.4 is 5.73 Å².